The van der Waals surface area contributed by atoms with Crippen LogP contribution in [0.2, 0.25) is 0 Å². The number of aliphatic hydroxyl groups is 1. The molecule has 1 aliphatic carbocycles. The third-order valence-corrected chi connectivity index (χ3v) is 5.14. The molecule has 178 valence electrons. The van der Waals surface area contributed by atoms with Crippen LogP contribution in [0.25, 0.3) is 0 Å². The van der Waals surface area contributed by atoms with Crippen LogP contribution >= 0.6 is 0 Å². The molecule has 0 amide bonds. The van der Waals surface area contributed by atoms with E-state index < -0.39 is 0 Å². The molecule has 3 rings (SSSR count). The highest BCUT2D eigenvalue weighted by molar-refractivity contribution is 5.31. The molecule has 0 aromatic heterocycles. The van der Waals surface area contributed by atoms with E-state index in [1.807, 2.05) is 36.4 Å². The van der Waals surface area contributed by atoms with E-state index in [1.165, 1.54) is 25.7 Å². The van der Waals surface area contributed by atoms with Crippen molar-refractivity contribution in [2.75, 3.05) is 0 Å². The van der Waals surface area contributed by atoms with E-state index in [9.17, 15) is 10.2 Å². The summed E-state index contributed by atoms with van der Waals surface area (Å²) in [5.41, 5.74) is 2.00. The highest BCUT2D eigenvalue weighted by atomic mass is 35.5. The van der Waals surface area contributed by atoms with Crippen LogP contribution in [-0.2, 0) is 13.1 Å². The van der Waals surface area contributed by atoms with Gasteiger partial charge in [-0.25, -0.2) is 0 Å². The van der Waals surface area contributed by atoms with E-state index in [2.05, 4.69) is 10.6 Å². The molecule has 2 atom stereocenters. The highest BCUT2D eigenvalue weighted by Gasteiger charge is 2.30. The molecule has 2 aromatic carbocycles. The summed E-state index contributed by atoms with van der Waals surface area (Å²) in [6.07, 6.45) is 4.83. The monoisotopic (exact) mass is 476 g/mol. The summed E-state index contributed by atoms with van der Waals surface area (Å²) in [7, 11) is 0. The Bertz CT molecular complexity index is 659. The summed E-state index contributed by atoms with van der Waals surface area (Å²) in [4.78, 5) is 0. The first-order valence-corrected chi connectivity index (χ1v) is 10.4. The Morgan fingerprint density at radius 2 is 1.10 bits per heavy atom. The molecule has 1 fully saturated rings. The third-order valence-electron chi connectivity index (χ3n) is 5.14. The van der Waals surface area contributed by atoms with E-state index in [1.54, 1.807) is 26.0 Å². The van der Waals surface area contributed by atoms with Crippen molar-refractivity contribution >= 4 is 0 Å². The standard InChI is InChI=1S/C20H26N2O2.C3H8O.2ClH.H2O/c23-19-11-5-1-7-15(19)13-21-17-9-3-4-10-18(17)22-14-16-8-2-6-12-20(16)24;1-3(2)4;;;/h1-2,5-8,11-12,17-18,21-24H,3-4,9-10,13-14H2;3-4H,1-2H3;2*1H;1H2/t17-,18-;;;;/m1..../s1. The number of hydrogen-bond donors (Lipinski definition) is 5. The summed E-state index contributed by atoms with van der Waals surface area (Å²) in [6, 6.07) is 16.3. The summed E-state index contributed by atoms with van der Waals surface area (Å²) >= 11 is 0. The van der Waals surface area contributed by atoms with Crippen molar-refractivity contribution in [2.24, 2.45) is 0 Å². The van der Waals surface area contributed by atoms with Gasteiger partial charge in [0.1, 0.15) is 36.7 Å². The quantitative estimate of drug-likeness (QED) is 0.286. The Balaban J connectivity index is 0. The topological polar surface area (TPSA) is 125 Å². The molecule has 0 aliphatic heterocycles. The minimum atomic E-state index is -0.167. The van der Waals surface area contributed by atoms with E-state index in [4.69, 9.17) is 5.11 Å². The predicted octanol–water partition coefficient (Wildman–Crippen LogP) is -5.19. The van der Waals surface area contributed by atoms with Crippen LogP contribution in [0.1, 0.15) is 50.7 Å². The van der Waals surface area contributed by atoms with E-state index in [0.29, 0.717) is 23.6 Å². The Morgan fingerprint density at radius 1 is 0.774 bits per heavy atom. The molecule has 8 heteroatoms. The molecule has 0 radical (unpaired) electrons. The van der Waals surface area contributed by atoms with Gasteiger partial charge in [0, 0.05) is 30.1 Å². The Hall–Kier alpha value is -1.54. The molecular weight excluding hydrogens is 439 g/mol. The molecular formula is C23H38Cl2N2O4. The number of phenolic OH excluding ortho intramolecular Hbond substituents is 2. The van der Waals surface area contributed by atoms with E-state index in [-0.39, 0.29) is 36.4 Å². The molecule has 0 heterocycles. The fourth-order valence-corrected chi connectivity index (χ4v) is 3.70. The second-order valence-corrected chi connectivity index (χ2v) is 7.84. The van der Waals surface area contributed by atoms with Crippen LogP contribution in [0.3, 0.4) is 0 Å². The fraction of sp³-hybridized carbons (Fsp3) is 0.478. The lowest BCUT2D eigenvalue weighted by Gasteiger charge is -2.28. The summed E-state index contributed by atoms with van der Waals surface area (Å²) in [6.45, 7) is 5.08. The van der Waals surface area contributed by atoms with Crippen LogP contribution in [0, 0.1) is 0 Å². The normalized spacial score (nSPS) is 17.3. The smallest absolute Gasteiger partial charge is 0.138 e. The van der Waals surface area contributed by atoms with Gasteiger partial charge in [-0.2, -0.15) is 0 Å². The molecule has 0 unspecified atom stereocenters. The van der Waals surface area contributed by atoms with Gasteiger partial charge in [-0.3, -0.25) is 0 Å². The van der Waals surface area contributed by atoms with Crippen molar-refractivity contribution in [3.8, 4) is 11.5 Å². The molecule has 9 N–H and O–H groups in total. The van der Waals surface area contributed by atoms with Gasteiger partial charge in [0.25, 0.3) is 0 Å². The average Bonchev–Trinajstić information content (AvgIpc) is 2.67. The first-order chi connectivity index (χ1) is 13.5. The van der Waals surface area contributed by atoms with Gasteiger partial charge < -0.3 is 56.2 Å². The molecule has 0 saturated heterocycles. The molecule has 2 aromatic rings. The van der Waals surface area contributed by atoms with Gasteiger partial charge in [-0.15, -0.1) is 0 Å². The number of hydrogen-bond acceptors (Lipinski definition) is 3. The minimum absolute atomic E-state index is 0. The van der Waals surface area contributed by atoms with Crippen LogP contribution in [-0.4, -0.2) is 39.0 Å². The number of aromatic hydroxyl groups is 2. The van der Waals surface area contributed by atoms with Crippen molar-refractivity contribution in [1.29, 1.82) is 0 Å². The second-order valence-electron chi connectivity index (χ2n) is 7.84. The van der Waals surface area contributed by atoms with Gasteiger partial charge in [-0.05, 0) is 51.0 Å². The van der Waals surface area contributed by atoms with Crippen LogP contribution in [0.15, 0.2) is 48.5 Å². The highest BCUT2D eigenvalue weighted by Crippen LogP contribution is 2.17. The first-order valence-electron chi connectivity index (χ1n) is 10.4. The summed E-state index contributed by atoms with van der Waals surface area (Å²) < 4.78 is 0. The zero-order chi connectivity index (χ0) is 20.4. The zero-order valence-electron chi connectivity index (χ0n) is 18.3. The maximum atomic E-state index is 9.93. The number of rotatable bonds is 6. The van der Waals surface area contributed by atoms with Crippen LogP contribution < -0.4 is 35.4 Å². The van der Waals surface area contributed by atoms with Gasteiger partial charge in [0.05, 0.1) is 0 Å². The van der Waals surface area contributed by atoms with Crippen molar-refractivity contribution in [1.82, 2.24) is 0 Å². The molecule has 1 saturated carbocycles. The van der Waals surface area contributed by atoms with E-state index in [0.717, 1.165) is 24.2 Å². The van der Waals surface area contributed by atoms with Crippen molar-refractivity contribution in [3.63, 3.8) is 0 Å². The predicted molar refractivity (Wildman–Crippen MR) is 114 cm³/mol. The fourth-order valence-electron chi connectivity index (χ4n) is 3.70. The number of quaternary nitrogens is 2. The number of aliphatic hydroxyl groups excluding tert-OH is 1. The number of halogens is 2. The Labute approximate surface area is 198 Å². The lowest BCUT2D eigenvalue weighted by atomic mass is 9.90. The van der Waals surface area contributed by atoms with Crippen molar-refractivity contribution in [3.05, 3.63) is 59.7 Å². The average molecular weight is 477 g/mol. The summed E-state index contributed by atoms with van der Waals surface area (Å²) in [5.74, 6) is 0.776. The maximum absolute atomic E-state index is 9.93. The SMILES string of the molecule is CC(C)O.O.Oc1ccccc1C[NH2+][C@@H]1CCCC[C@H]1[NH2+]Cc1ccccc1O.[Cl-].[Cl-]. The lowest BCUT2D eigenvalue weighted by Crippen LogP contribution is -3.02. The third kappa shape index (κ3) is 11.6. The first kappa shape index (κ1) is 31.6. The lowest BCUT2D eigenvalue weighted by molar-refractivity contribution is -0.790. The molecule has 1 aliphatic rings. The van der Waals surface area contributed by atoms with Crippen molar-refractivity contribution in [2.45, 2.75) is 70.8 Å². The number of nitrogens with two attached hydrogens (primary N) is 2. The number of benzene rings is 2. The molecule has 6 nitrogen and oxygen atoms in total. The number of phenols is 2. The van der Waals surface area contributed by atoms with Gasteiger partial charge in [0.15, 0.2) is 0 Å². The summed E-state index contributed by atoms with van der Waals surface area (Å²) in [5, 5.41) is 32.7. The Morgan fingerprint density at radius 3 is 1.42 bits per heavy atom. The molecule has 0 bridgehead atoms. The molecule has 0 spiro atoms. The van der Waals surface area contributed by atoms with E-state index >= 15 is 0 Å². The molecule has 31 heavy (non-hydrogen) atoms. The zero-order valence-corrected chi connectivity index (χ0v) is 19.9. The van der Waals surface area contributed by atoms with Crippen LogP contribution in [0.4, 0.5) is 0 Å². The van der Waals surface area contributed by atoms with Crippen LogP contribution in [0.5, 0.6) is 11.5 Å². The van der Waals surface area contributed by atoms with Gasteiger partial charge in [0.2, 0.25) is 0 Å². The second kappa shape index (κ2) is 17.1. The minimum Gasteiger partial charge on any atom is -1.00 e. The largest absolute Gasteiger partial charge is 1.00 e. The Kier molecular flexibility index (Phi) is 17.4. The number of para-hydroxylation sites is 2. The van der Waals surface area contributed by atoms with Gasteiger partial charge in [-0.1, -0.05) is 24.3 Å². The van der Waals surface area contributed by atoms with Gasteiger partial charge >= 0.3 is 0 Å². The van der Waals surface area contributed by atoms with Crippen molar-refractivity contribution < 1.29 is 56.2 Å². The maximum Gasteiger partial charge on any atom is 0.138 e.